The molecule has 4 heteroatoms. The molecule has 0 fully saturated rings. The first-order valence-corrected chi connectivity index (χ1v) is 3.24. The van der Waals surface area contributed by atoms with Crippen molar-refractivity contribution in [2.75, 3.05) is 5.73 Å². The van der Waals surface area contributed by atoms with Gasteiger partial charge in [-0.2, -0.15) is 0 Å². The maximum atomic E-state index is 11.0. The number of nitrogens with two attached hydrogens (primary N) is 1. The summed E-state index contributed by atoms with van der Waals surface area (Å²) in [5, 5.41) is 5.70. The van der Waals surface area contributed by atoms with E-state index >= 15 is 0 Å². The molecule has 0 bridgehead atoms. The van der Waals surface area contributed by atoms with Crippen molar-refractivity contribution < 1.29 is 0 Å². The molecule has 0 atom stereocenters. The topological polar surface area (TPSA) is 74.7 Å². The van der Waals surface area contributed by atoms with Crippen molar-refractivity contribution in [2.45, 2.75) is 0 Å². The van der Waals surface area contributed by atoms with Gasteiger partial charge in [-0.15, -0.1) is 0 Å². The lowest BCUT2D eigenvalue weighted by molar-refractivity contribution is 1.08. The van der Waals surface area contributed by atoms with Gasteiger partial charge in [-0.25, -0.2) is 0 Å². The van der Waals surface area contributed by atoms with E-state index in [0.717, 1.165) is 5.52 Å². The maximum Gasteiger partial charge on any atom is 0.273 e. The molecule has 0 spiro atoms. The Balaban J connectivity index is 3.08. The Morgan fingerprint density at radius 1 is 1.27 bits per heavy atom. The second kappa shape index (κ2) is 1.88. The number of hydrogen-bond acceptors (Lipinski definition) is 2. The maximum absolute atomic E-state index is 11.0. The third kappa shape index (κ3) is 0.724. The van der Waals surface area contributed by atoms with Crippen molar-refractivity contribution in [3.63, 3.8) is 0 Å². The number of H-pyrrole nitrogens is 2. The van der Waals surface area contributed by atoms with Crippen LogP contribution in [0, 0.1) is 0 Å². The standard InChI is InChI=1S/C7H7N3O/c8-4-2-1-3-5-6(4)7(11)10-9-5/h1-3H,8H2,(H2,9,10,11). The van der Waals surface area contributed by atoms with Crippen LogP contribution in [-0.4, -0.2) is 10.2 Å². The number of anilines is 1. The Morgan fingerprint density at radius 3 is 2.82 bits per heavy atom. The first-order valence-electron chi connectivity index (χ1n) is 3.24. The van der Waals surface area contributed by atoms with Crippen LogP contribution in [0.25, 0.3) is 10.9 Å². The van der Waals surface area contributed by atoms with Crippen molar-refractivity contribution in [3.8, 4) is 0 Å². The fourth-order valence-corrected chi connectivity index (χ4v) is 1.11. The minimum atomic E-state index is -0.168. The summed E-state index contributed by atoms with van der Waals surface area (Å²) in [5.41, 5.74) is 6.64. The average molecular weight is 149 g/mol. The summed E-state index contributed by atoms with van der Waals surface area (Å²) in [6, 6.07) is 5.29. The normalized spacial score (nSPS) is 10.5. The summed E-state index contributed by atoms with van der Waals surface area (Å²) in [7, 11) is 0. The summed E-state index contributed by atoms with van der Waals surface area (Å²) in [4.78, 5) is 11.0. The summed E-state index contributed by atoms with van der Waals surface area (Å²) in [6.07, 6.45) is 0. The second-order valence-corrected chi connectivity index (χ2v) is 2.35. The molecular weight excluding hydrogens is 142 g/mol. The van der Waals surface area contributed by atoms with Crippen LogP contribution in [0.5, 0.6) is 0 Å². The molecule has 1 aromatic heterocycles. The summed E-state index contributed by atoms with van der Waals surface area (Å²) < 4.78 is 0. The third-order valence-corrected chi connectivity index (χ3v) is 1.63. The molecule has 2 aromatic rings. The van der Waals surface area contributed by atoms with E-state index in [4.69, 9.17) is 5.73 Å². The molecule has 0 aliphatic heterocycles. The molecule has 0 amide bonds. The Hall–Kier alpha value is -1.71. The highest BCUT2D eigenvalue weighted by atomic mass is 16.1. The summed E-state index contributed by atoms with van der Waals surface area (Å²) >= 11 is 0. The van der Waals surface area contributed by atoms with Crippen LogP contribution >= 0.6 is 0 Å². The van der Waals surface area contributed by atoms with Gasteiger partial charge >= 0.3 is 0 Å². The number of aromatic amines is 2. The number of rotatable bonds is 0. The molecule has 0 radical (unpaired) electrons. The Bertz CT molecular complexity index is 440. The molecule has 4 N–H and O–H groups in total. The van der Waals surface area contributed by atoms with Crippen molar-refractivity contribution in [1.29, 1.82) is 0 Å². The van der Waals surface area contributed by atoms with E-state index in [-0.39, 0.29) is 5.56 Å². The van der Waals surface area contributed by atoms with Crippen molar-refractivity contribution in [3.05, 3.63) is 28.6 Å². The highest BCUT2D eigenvalue weighted by molar-refractivity contribution is 5.89. The number of aromatic nitrogens is 2. The molecule has 1 aromatic carbocycles. The van der Waals surface area contributed by atoms with Crippen molar-refractivity contribution in [1.82, 2.24) is 10.2 Å². The number of fused-ring (bicyclic) bond motifs is 1. The Morgan fingerprint density at radius 2 is 2.09 bits per heavy atom. The minimum absolute atomic E-state index is 0.168. The van der Waals surface area contributed by atoms with Crippen LogP contribution in [0.15, 0.2) is 23.0 Å². The highest BCUT2D eigenvalue weighted by Gasteiger charge is 2.01. The fraction of sp³-hybridized carbons (Fsp3) is 0. The molecule has 2 rings (SSSR count). The molecule has 0 aliphatic carbocycles. The van der Waals surface area contributed by atoms with Gasteiger partial charge in [0, 0.05) is 5.69 Å². The van der Waals surface area contributed by atoms with E-state index in [9.17, 15) is 4.79 Å². The van der Waals surface area contributed by atoms with E-state index in [0.29, 0.717) is 11.1 Å². The predicted octanol–water partition coefficient (Wildman–Crippen LogP) is 0.438. The summed E-state index contributed by atoms with van der Waals surface area (Å²) in [6.45, 7) is 0. The highest BCUT2D eigenvalue weighted by Crippen LogP contribution is 2.12. The van der Waals surface area contributed by atoms with Gasteiger partial charge in [0.2, 0.25) is 0 Å². The van der Waals surface area contributed by atoms with E-state index in [1.165, 1.54) is 0 Å². The van der Waals surface area contributed by atoms with Crippen LogP contribution in [0.2, 0.25) is 0 Å². The molecule has 0 aliphatic rings. The number of hydrogen-bond donors (Lipinski definition) is 3. The van der Waals surface area contributed by atoms with Crippen molar-refractivity contribution >= 4 is 16.6 Å². The van der Waals surface area contributed by atoms with Crippen LogP contribution in [-0.2, 0) is 0 Å². The minimum Gasteiger partial charge on any atom is -0.398 e. The first kappa shape index (κ1) is 6.03. The molecule has 1 heterocycles. The van der Waals surface area contributed by atoms with E-state index in [2.05, 4.69) is 10.2 Å². The van der Waals surface area contributed by atoms with E-state index in [1.807, 2.05) is 0 Å². The predicted molar refractivity (Wildman–Crippen MR) is 43.3 cm³/mol. The van der Waals surface area contributed by atoms with E-state index in [1.54, 1.807) is 18.2 Å². The van der Waals surface area contributed by atoms with Gasteiger partial charge in [0.05, 0.1) is 10.9 Å². The Kier molecular flexibility index (Phi) is 1.03. The SMILES string of the molecule is Nc1cccc2[nH][nH]c(=O)c12. The smallest absolute Gasteiger partial charge is 0.273 e. The summed E-state index contributed by atoms with van der Waals surface area (Å²) in [5.74, 6) is 0. The third-order valence-electron chi connectivity index (χ3n) is 1.63. The Labute approximate surface area is 62.0 Å². The fourth-order valence-electron chi connectivity index (χ4n) is 1.11. The lowest BCUT2D eigenvalue weighted by Gasteiger charge is -1.90. The zero-order chi connectivity index (χ0) is 7.84. The lowest BCUT2D eigenvalue weighted by atomic mass is 10.2. The molecular formula is C7H7N3O. The zero-order valence-electron chi connectivity index (χ0n) is 5.72. The lowest BCUT2D eigenvalue weighted by Crippen LogP contribution is -2.00. The molecule has 11 heavy (non-hydrogen) atoms. The molecule has 56 valence electrons. The van der Waals surface area contributed by atoms with Crippen molar-refractivity contribution in [2.24, 2.45) is 0 Å². The van der Waals surface area contributed by atoms with Gasteiger partial charge < -0.3 is 5.73 Å². The van der Waals surface area contributed by atoms with Gasteiger partial charge in [0.1, 0.15) is 0 Å². The number of nitrogens with one attached hydrogen (secondary N) is 2. The van der Waals surface area contributed by atoms with Crippen LogP contribution in [0.3, 0.4) is 0 Å². The van der Waals surface area contributed by atoms with Gasteiger partial charge in [0.15, 0.2) is 0 Å². The van der Waals surface area contributed by atoms with Gasteiger partial charge in [0.25, 0.3) is 5.56 Å². The quantitative estimate of drug-likeness (QED) is 0.475. The van der Waals surface area contributed by atoms with Crippen LogP contribution < -0.4 is 11.3 Å². The average Bonchev–Trinajstić information content (AvgIpc) is 2.34. The van der Waals surface area contributed by atoms with Gasteiger partial charge in [-0.3, -0.25) is 15.0 Å². The monoisotopic (exact) mass is 149 g/mol. The zero-order valence-corrected chi connectivity index (χ0v) is 5.72. The van der Waals surface area contributed by atoms with Crippen LogP contribution in [0.4, 0.5) is 5.69 Å². The van der Waals surface area contributed by atoms with Crippen LogP contribution in [0.1, 0.15) is 0 Å². The number of nitrogen functional groups attached to an aromatic ring is 1. The second-order valence-electron chi connectivity index (χ2n) is 2.35. The first-order chi connectivity index (χ1) is 5.29. The van der Waals surface area contributed by atoms with E-state index < -0.39 is 0 Å². The molecule has 4 nitrogen and oxygen atoms in total. The van der Waals surface area contributed by atoms with Gasteiger partial charge in [-0.1, -0.05) is 6.07 Å². The largest absolute Gasteiger partial charge is 0.398 e. The molecule has 0 saturated heterocycles. The molecule has 0 unspecified atom stereocenters. The number of benzene rings is 1. The molecule has 0 saturated carbocycles. The van der Waals surface area contributed by atoms with Gasteiger partial charge in [-0.05, 0) is 12.1 Å².